The lowest BCUT2D eigenvalue weighted by Crippen LogP contribution is -2.27. The number of nitrogens with one attached hydrogen (secondary N) is 1. The van der Waals surface area contributed by atoms with Gasteiger partial charge in [0.15, 0.2) is 5.78 Å². The second kappa shape index (κ2) is 8.35. The molecule has 0 radical (unpaired) electrons. The highest BCUT2D eigenvalue weighted by atomic mass is 16.1. The number of rotatable bonds is 6. The number of hydrogen-bond donors (Lipinski definition) is 1. The number of aromatic nitrogens is 2. The summed E-state index contributed by atoms with van der Waals surface area (Å²) in [6, 6.07) is 11.5. The van der Waals surface area contributed by atoms with Crippen LogP contribution >= 0.6 is 0 Å². The molecule has 2 aromatic heterocycles. The van der Waals surface area contributed by atoms with Crippen LogP contribution in [-0.4, -0.2) is 29.4 Å². The van der Waals surface area contributed by atoms with E-state index in [2.05, 4.69) is 4.98 Å². The summed E-state index contributed by atoms with van der Waals surface area (Å²) in [6.07, 6.45) is 6.66. The Kier molecular flexibility index (Phi) is 5.87. The van der Waals surface area contributed by atoms with Gasteiger partial charge in [0.05, 0.1) is 5.56 Å². The lowest BCUT2D eigenvalue weighted by molar-refractivity contribution is 0.103. The average Bonchev–Trinajstić information content (AvgIpc) is 3.10. The van der Waals surface area contributed by atoms with Gasteiger partial charge in [0.25, 0.3) is 5.56 Å². The summed E-state index contributed by atoms with van der Waals surface area (Å²) in [6.45, 7) is 3.84. The molecule has 0 aliphatic heterocycles. The summed E-state index contributed by atoms with van der Waals surface area (Å²) in [5.41, 5.74) is 4.85. The number of hydrogen-bond acceptors (Lipinski definition) is 3. The molecule has 0 saturated heterocycles. The van der Waals surface area contributed by atoms with Gasteiger partial charge in [-0.1, -0.05) is 31.2 Å². The summed E-state index contributed by atoms with van der Waals surface area (Å²) < 4.78 is 2.03. The third-order valence-electron chi connectivity index (χ3n) is 5.11. The first-order chi connectivity index (χ1) is 13.8. The van der Waals surface area contributed by atoms with E-state index in [1.54, 1.807) is 25.1 Å². The van der Waals surface area contributed by atoms with Crippen molar-refractivity contribution in [1.82, 2.24) is 9.55 Å². The summed E-state index contributed by atoms with van der Waals surface area (Å²) in [5.74, 6) is -0.131. The maximum absolute atomic E-state index is 13.5. The third-order valence-corrected chi connectivity index (χ3v) is 5.11. The molecule has 0 saturated carbocycles. The molecule has 0 aliphatic carbocycles. The van der Waals surface area contributed by atoms with Crippen LogP contribution in [-0.2, 0) is 13.5 Å². The molecule has 0 aliphatic rings. The van der Waals surface area contributed by atoms with Crippen LogP contribution in [0.15, 0.2) is 47.4 Å². The van der Waals surface area contributed by atoms with Crippen LogP contribution in [0.1, 0.15) is 45.4 Å². The lowest BCUT2D eigenvalue weighted by Gasteiger charge is -2.20. The number of aromatic amines is 1. The molecular formula is C24H27N3O2. The predicted molar refractivity (Wildman–Crippen MR) is 120 cm³/mol. The topological polar surface area (TPSA) is 58.1 Å². The number of anilines is 1. The fourth-order valence-corrected chi connectivity index (χ4v) is 3.62. The zero-order valence-corrected chi connectivity index (χ0v) is 17.6. The number of H-pyrrole nitrogens is 1. The average molecular weight is 389 g/mol. The Morgan fingerprint density at radius 3 is 2.55 bits per heavy atom. The first-order valence-electron chi connectivity index (χ1n) is 9.70. The van der Waals surface area contributed by atoms with E-state index in [1.807, 2.05) is 74.1 Å². The van der Waals surface area contributed by atoms with Crippen LogP contribution in [0.4, 0.5) is 5.69 Å². The van der Waals surface area contributed by atoms with E-state index in [0.717, 1.165) is 22.5 Å². The van der Waals surface area contributed by atoms with Gasteiger partial charge in [0.1, 0.15) is 5.69 Å². The molecule has 0 fully saturated rings. The number of carbonyl (C=O) groups is 1. The van der Waals surface area contributed by atoms with Crippen LogP contribution in [0.25, 0.3) is 12.2 Å². The van der Waals surface area contributed by atoms with Crippen molar-refractivity contribution in [3.05, 3.63) is 86.6 Å². The van der Waals surface area contributed by atoms with E-state index in [4.69, 9.17) is 0 Å². The highest BCUT2D eigenvalue weighted by Crippen LogP contribution is 2.25. The number of pyridine rings is 1. The third kappa shape index (κ3) is 4.09. The van der Waals surface area contributed by atoms with Crippen LogP contribution < -0.4 is 10.5 Å². The Balaban J connectivity index is 2.07. The first kappa shape index (κ1) is 20.4. The van der Waals surface area contributed by atoms with Gasteiger partial charge in [0, 0.05) is 44.3 Å². The molecule has 0 atom stereocenters. The number of ketones is 1. The summed E-state index contributed by atoms with van der Waals surface area (Å²) >= 11 is 0. The normalized spacial score (nSPS) is 11.2. The van der Waals surface area contributed by atoms with Crippen molar-refractivity contribution in [3.63, 3.8) is 0 Å². The minimum Gasteiger partial charge on any atom is -0.373 e. The van der Waals surface area contributed by atoms with Crippen LogP contribution in [0.5, 0.6) is 0 Å². The zero-order valence-electron chi connectivity index (χ0n) is 17.6. The molecule has 150 valence electrons. The maximum atomic E-state index is 13.5. The monoisotopic (exact) mass is 389 g/mol. The molecule has 0 bridgehead atoms. The Labute approximate surface area is 171 Å². The van der Waals surface area contributed by atoms with Gasteiger partial charge in [-0.25, -0.2) is 0 Å². The molecule has 5 heteroatoms. The zero-order chi connectivity index (χ0) is 21.1. The smallest absolute Gasteiger partial charge is 0.272 e. The van der Waals surface area contributed by atoms with Crippen molar-refractivity contribution in [3.8, 4) is 0 Å². The molecule has 3 rings (SSSR count). The molecule has 0 unspecified atom stereocenters. The van der Waals surface area contributed by atoms with Gasteiger partial charge in [-0.2, -0.15) is 0 Å². The second-order valence-corrected chi connectivity index (χ2v) is 7.36. The van der Waals surface area contributed by atoms with Crippen LogP contribution in [0, 0.1) is 6.92 Å². The lowest BCUT2D eigenvalue weighted by atomic mass is 9.93. The quantitative estimate of drug-likeness (QED) is 0.647. The Morgan fingerprint density at radius 2 is 1.93 bits per heavy atom. The minimum atomic E-state index is -0.243. The van der Waals surface area contributed by atoms with Gasteiger partial charge < -0.3 is 14.5 Å². The molecule has 0 amide bonds. The second-order valence-electron chi connectivity index (χ2n) is 7.36. The number of carbonyl (C=O) groups excluding carboxylic acids is 1. The van der Waals surface area contributed by atoms with Crippen molar-refractivity contribution in [1.29, 1.82) is 0 Å². The molecule has 29 heavy (non-hydrogen) atoms. The number of nitrogens with zero attached hydrogens (tertiary/aromatic N) is 2. The Bertz CT molecular complexity index is 1130. The molecular weight excluding hydrogens is 362 g/mol. The molecule has 5 nitrogen and oxygen atoms in total. The molecule has 1 N–H and O–H groups in total. The first-order valence-corrected chi connectivity index (χ1v) is 9.70. The van der Waals surface area contributed by atoms with E-state index in [1.165, 1.54) is 0 Å². The van der Waals surface area contributed by atoms with E-state index in [-0.39, 0.29) is 11.3 Å². The Morgan fingerprint density at radius 1 is 1.17 bits per heavy atom. The summed E-state index contributed by atoms with van der Waals surface area (Å²) in [7, 11) is 5.56. The van der Waals surface area contributed by atoms with Gasteiger partial charge in [-0.15, -0.1) is 0 Å². The van der Waals surface area contributed by atoms with E-state index in [9.17, 15) is 9.59 Å². The van der Waals surface area contributed by atoms with Crippen molar-refractivity contribution in [2.45, 2.75) is 20.3 Å². The molecule has 0 spiro atoms. The van der Waals surface area contributed by atoms with Crippen LogP contribution in [0.2, 0.25) is 0 Å². The summed E-state index contributed by atoms with van der Waals surface area (Å²) in [5, 5.41) is 0. The standard InChI is InChI=1S/C24H27N3O2/c1-6-20-16(2)25-24(29)22(26(3)4)21(20)23(28)18-10-7-9-17(15-18)12-13-19-11-8-14-27(19)5/h7-15H,6H2,1-5H3,(H,25,29)/b13-12+. The summed E-state index contributed by atoms with van der Waals surface area (Å²) in [4.78, 5) is 30.7. The van der Waals surface area contributed by atoms with Crippen molar-refractivity contribution < 1.29 is 4.79 Å². The highest BCUT2D eigenvalue weighted by Gasteiger charge is 2.23. The van der Waals surface area contributed by atoms with Gasteiger partial charge >= 0.3 is 0 Å². The van der Waals surface area contributed by atoms with Crippen molar-refractivity contribution in [2.75, 3.05) is 19.0 Å². The maximum Gasteiger partial charge on any atom is 0.272 e. The molecule has 3 aromatic rings. The predicted octanol–water partition coefficient (Wildman–Crippen LogP) is 4.05. The molecule has 2 heterocycles. The fraction of sp³-hybridized carbons (Fsp3) is 0.250. The van der Waals surface area contributed by atoms with Crippen molar-refractivity contribution >= 4 is 23.6 Å². The van der Waals surface area contributed by atoms with E-state index < -0.39 is 0 Å². The molecule has 1 aromatic carbocycles. The SMILES string of the molecule is CCc1c(C)[nH]c(=O)c(N(C)C)c1C(=O)c1cccc(/C=C/c2cccn2C)c1. The largest absolute Gasteiger partial charge is 0.373 e. The van der Waals surface area contributed by atoms with Crippen LogP contribution in [0.3, 0.4) is 0 Å². The van der Waals surface area contributed by atoms with Gasteiger partial charge in [-0.05, 0) is 48.7 Å². The number of benzene rings is 1. The Hall–Kier alpha value is -3.34. The van der Waals surface area contributed by atoms with Gasteiger partial charge in [-0.3, -0.25) is 9.59 Å². The highest BCUT2D eigenvalue weighted by molar-refractivity contribution is 6.13. The van der Waals surface area contributed by atoms with Gasteiger partial charge in [0.2, 0.25) is 0 Å². The fourth-order valence-electron chi connectivity index (χ4n) is 3.62. The van der Waals surface area contributed by atoms with Crippen molar-refractivity contribution in [2.24, 2.45) is 7.05 Å². The van der Waals surface area contributed by atoms with E-state index >= 15 is 0 Å². The van der Waals surface area contributed by atoms with E-state index in [0.29, 0.717) is 23.2 Å². The minimum absolute atomic E-state index is 0.131. The number of aryl methyl sites for hydroxylation is 2.